The highest BCUT2D eigenvalue weighted by Gasteiger charge is 2.08. The number of carboxylic acids is 1. The molecule has 0 amide bonds. The Morgan fingerprint density at radius 1 is 1.20 bits per heavy atom. The molecular weight excluding hydrogens is 274 g/mol. The molecule has 0 aliphatic carbocycles. The molecule has 0 spiro atoms. The van der Waals surface area contributed by atoms with E-state index in [0.29, 0.717) is 0 Å². The van der Waals surface area contributed by atoms with Gasteiger partial charge < -0.3 is 9.84 Å². The van der Waals surface area contributed by atoms with Crippen LogP contribution >= 0.6 is 11.3 Å². The van der Waals surface area contributed by atoms with Crippen molar-refractivity contribution < 1.29 is 14.6 Å². The Kier molecular flexibility index (Phi) is 3.12. The molecule has 2 aromatic carbocycles. The van der Waals surface area contributed by atoms with Crippen LogP contribution in [0.1, 0.15) is 10.4 Å². The molecule has 1 aromatic heterocycles. The standard InChI is InChI=1S/C15H11NO3S/c1-19-11-6-7-12-13(8-11)20-14(16-12)9-2-4-10(5-3-9)15(17)18/h2-8H,1H3,(H,17,18). The van der Waals surface area contributed by atoms with Gasteiger partial charge in [0.15, 0.2) is 0 Å². The molecule has 4 nitrogen and oxygen atoms in total. The van der Waals surface area contributed by atoms with Crippen molar-refractivity contribution in [3.8, 4) is 16.3 Å². The smallest absolute Gasteiger partial charge is 0.335 e. The van der Waals surface area contributed by atoms with Crippen LogP contribution in [-0.2, 0) is 0 Å². The summed E-state index contributed by atoms with van der Waals surface area (Å²) in [5, 5.41) is 9.76. The molecule has 0 radical (unpaired) electrons. The topological polar surface area (TPSA) is 59.4 Å². The summed E-state index contributed by atoms with van der Waals surface area (Å²) in [6.45, 7) is 0. The van der Waals surface area contributed by atoms with E-state index < -0.39 is 5.97 Å². The zero-order valence-corrected chi connectivity index (χ0v) is 11.5. The quantitative estimate of drug-likeness (QED) is 0.797. The maximum atomic E-state index is 10.8. The van der Waals surface area contributed by atoms with E-state index in [2.05, 4.69) is 4.98 Å². The van der Waals surface area contributed by atoms with Crippen LogP contribution in [0.4, 0.5) is 0 Å². The highest BCUT2D eigenvalue weighted by molar-refractivity contribution is 7.21. The Bertz CT molecular complexity index is 777. The second-order valence-electron chi connectivity index (χ2n) is 4.24. The molecule has 0 saturated carbocycles. The average Bonchev–Trinajstić information content (AvgIpc) is 2.90. The fraction of sp³-hybridized carbons (Fsp3) is 0.0667. The van der Waals surface area contributed by atoms with Crippen molar-refractivity contribution in [1.29, 1.82) is 0 Å². The van der Waals surface area contributed by atoms with Gasteiger partial charge in [-0.3, -0.25) is 0 Å². The molecule has 0 aliphatic rings. The Hall–Kier alpha value is -2.40. The van der Waals surface area contributed by atoms with Crippen LogP contribution in [0.25, 0.3) is 20.8 Å². The first kappa shape index (κ1) is 12.6. The molecule has 0 bridgehead atoms. The molecule has 20 heavy (non-hydrogen) atoms. The van der Waals surface area contributed by atoms with E-state index >= 15 is 0 Å². The number of ether oxygens (including phenoxy) is 1. The van der Waals surface area contributed by atoms with Gasteiger partial charge in [-0.1, -0.05) is 12.1 Å². The number of hydrogen-bond donors (Lipinski definition) is 1. The van der Waals surface area contributed by atoms with Gasteiger partial charge in [-0.2, -0.15) is 0 Å². The van der Waals surface area contributed by atoms with Gasteiger partial charge in [0, 0.05) is 5.56 Å². The number of hydrogen-bond acceptors (Lipinski definition) is 4. The molecule has 3 aromatic rings. The van der Waals surface area contributed by atoms with Crippen molar-refractivity contribution in [2.24, 2.45) is 0 Å². The zero-order chi connectivity index (χ0) is 14.1. The first-order chi connectivity index (χ1) is 9.67. The summed E-state index contributed by atoms with van der Waals surface area (Å²) in [6.07, 6.45) is 0. The zero-order valence-electron chi connectivity index (χ0n) is 10.7. The molecule has 5 heteroatoms. The number of aromatic nitrogens is 1. The first-order valence-corrected chi connectivity index (χ1v) is 6.77. The fourth-order valence-electron chi connectivity index (χ4n) is 1.91. The largest absolute Gasteiger partial charge is 0.497 e. The molecule has 100 valence electrons. The minimum absolute atomic E-state index is 0.275. The second-order valence-corrected chi connectivity index (χ2v) is 5.27. The number of rotatable bonds is 3. The molecule has 1 heterocycles. The monoisotopic (exact) mass is 285 g/mol. The van der Waals surface area contributed by atoms with Gasteiger partial charge >= 0.3 is 5.97 Å². The van der Waals surface area contributed by atoms with E-state index in [4.69, 9.17) is 9.84 Å². The Morgan fingerprint density at radius 2 is 1.95 bits per heavy atom. The molecule has 1 N–H and O–H groups in total. The average molecular weight is 285 g/mol. The lowest BCUT2D eigenvalue weighted by Gasteiger charge is -1.97. The van der Waals surface area contributed by atoms with Crippen LogP contribution < -0.4 is 4.74 Å². The van der Waals surface area contributed by atoms with Gasteiger partial charge in [0.25, 0.3) is 0 Å². The van der Waals surface area contributed by atoms with Crippen molar-refractivity contribution in [2.45, 2.75) is 0 Å². The number of carbonyl (C=O) groups is 1. The number of thiazole rings is 1. The third-order valence-corrected chi connectivity index (χ3v) is 4.04. The van der Waals surface area contributed by atoms with E-state index in [9.17, 15) is 4.79 Å². The lowest BCUT2D eigenvalue weighted by Crippen LogP contribution is -1.94. The van der Waals surface area contributed by atoms with E-state index in [0.717, 1.165) is 26.5 Å². The van der Waals surface area contributed by atoms with Crippen molar-refractivity contribution in [1.82, 2.24) is 4.98 Å². The summed E-state index contributed by atoms with van der Waals surface area (Å²) < 4.78 is 6.24. The second kappa shape index (κ2) is 4.94. The Balaban J connectivity index is 2.03. The van der Waals surface area contributed by atoms with Crippen molar-refractivity contribution in [3.63, 3.8) is 0 Å². The molecular formula is C15H11NO3S. The lowest BCUT2D eigenvalue weighted by atomic mass is 10.1. The van der Waals surface area contributed by atoms with Gasteiger partial charge in [-0.05, 0) is 30.3 Å². The summed E-state index contributed by atoms with van der Waals surface area (Å²) in [7, 11) is 1.63. The molecule has 0 unspecified atom stereocenters. The summed E-state index contributed by atoms with van der Waals surface area (Å²) in [6, 6.07) is 12.5. The predicted octanol–water partition coefficient (Wildman–Crippen LogP) is 3.67. The van der Waals surface area contributed by atoms with Gasteiger partial charge in [0.05, 0.1) is 22.9 Å². The van der Waals surface area contributed by atoms with Crippen LogP contribution in [0.15, 0.2) is 42.5 Å². The maximum Gasteiger partial charge on any atom is 0.335 e. The lowest BCUT2D eigenvalue weighted by molar-refractivity contribution is 0.0697. The van der Waals surface area contributed by atoms with Crippen molar-refractivity contribution >= 4 is 27.5 Å². The SMILES string of the molecule is COc1ccc2nc(-c3ccc(C(=O)O)cc3)sc2c1. The Labute approximate surface area is 119 Å². The third-order valence-electron chi connectivity index (χ3n) is 2.97. The fourth-order valence-corrected chi connectivity index (χ4v) is 2.91. The number of carboxylic acid groups (broad SMARTS) is 1. The highest BCUT2D eigenvalue weighted by atomic mass is 32.1. The van der Waals surface area contributed by atoms with Gasteiger partial charge in [-0.15, -0.1) is 11.3 Å². The molecule has 0 fully saturated rings. The molecule has 0 aliphatic heterocycles. The summed E-state index contributed by atoms with van der Waals surface area (Å²) >= 11 is 1.56. The Morgan fingerprint density at radius 3 is 2.60 bits per heavy atom. The molecule has 3 rings (SSSR count). The molecule has 0 saturated heterocycles. The summed E-state index contributed by atoms with van der Waals surface area (Å²) in [5.74, 6) is -0.125. The highest BCUT2D eigenvalue weighted by Crippen LogP contribution is 2.32. The molecule has 0 atom stereocenters. The predicted molar refractivity (Wildman–Crippen MR) is 78.6 cm³/mol. The minimum atomic E-state index is -0.925. The van der Waals surface area contributed by atoms with E-state index in [1.54, 1.807) is 42.7 Å². The van der Waals surface area contributed by atoms with E-state index in [1.807, 2.05) is 18.2 Å². The van der Waals surface area contributed by atoms with Crippen LogP contribution in [0, 0.1) is 0 Å². The number of benzene rings is 2. The van der Waals surface area contributed by atoms with Crippen LogP contribution in [0.5, 0.6) is 5.75 Å². The summed E-state index contributed by atoms with van der Waals surface area (Å²) in [4.78, 5) is 15.4. The third kappa shape index (κ3) is 2.23. The van der Waals surface area contributed by atoms with Gasteiger partial charge in [0.1, 0.15) is 10.8 Å². The number of methoxy groups -OCH3 is 1. The number of fused-ring (bicyclic) bond motifs is 1. The van der Waals surface area contributed by atoms with Gasteiger partial charge in [-0.25, -0.2) is 9.78 Å². The van der Waals surface area contributed by atoms with Crippen LogP contribution in [0.2, 0.25) is 0 Å². The van der Waals surface area contributed by atoms with Crippen molar-refractivity contribution in [3.05, 3.63) is 48.0 Å². The normalized spacial score (nSPS) is 10.7. The number of aromatic carboxylic acids is 1. The van der Waals surface area contributed by atoms with E-state index in [1.165, 1.54) is 0 Å². The van der Waals surface area contributed by atoms with Gasteiger partial charge in [0.2, 0.25) is 0 Å². The van der Waals surface area contributed by atoms with Crippen LogP contribution in [0.3, 0.4) is 0 Å². The minimum Gasteiger partial charge on any atom is -0.497 e. The first-order valence-electron chi connectivity index (χ1n) is 5.95. The van der Waals surface area contributed by atoms with Crippen LogP contribution in [-0.4, -0.2) is 23.2 Å². The summed E-state index contributed by atoms with van der Waals surface area (Å²) in [5.41, 5.74) is 2.10. The maximum absolute atomic E-state index is 10.8. The van der Waals surface area contributed by atoms with E-state index in [-0.39, 0.29) is 5.56 Å². The number of nitrogens with zero attached hydrogens (tertiary/aromatic N) is 1. The van der Waals surface area contributed by atoms with Crippen molar-refractivity contribution in [2.75, 3.05) is 7.11 Å².